The summed E-state index contributed by atoms with van der Waals surface area (Å²) in [4.78, 5) is 0. The monoisotopic (exact) mass is 637 g/mol. The average molecular weight is 638 g/mol. The van der Waals surface area contributed by atoms with E-state index < -0.39 is 0 Å². The molecule has 1 N–H and O–H groups in total. The molecule has 0 heterocycles. The number of nitrogens with one attached hydrogen (secondary N) is 1. The lowest BCUT2D eigenvalue weighted by Gasteiger charge is -2.16. The van der Waals surface area contributed by atoms with Crippen molar-refractivity contribution >= 4 is 43.7 Å². The van der Waals surface area contributed by atoms with Crippen LogP contribution in [0.2, 0.25) is 0 Å². The summed E-state index contributed by atoms with van der Waals surface area (Å²) >= 11 is 0. The third kappa shape index (κ3) is 5.40. The molecule has 0 aliphatic rings. The summed E-state index contributed by atoms with van der Waals surface area (Å²) in [6.45, 7) is 2.19. The second kappa shape index (κ2) is 12.5. The molecule has 0 radical (unpaired) electrons. The first-order chi connectivity index (χ1) is 24.7. The van der Waals surface area contributed by atoms with Gasteiger partial charge in [-0.25, -0.2) is 0 Å². The van der Waals surface area contributed by atoms with Crippen LogP contribution in [0.3, 0.4) is 0 Å². The van der Waals surface area contributed by atoms with E-state index in [1.807, 2.05) is 0 Å². The van der Waals surface area contributed by atoms with E-state index in [4.69, 9.17) is 0 Å². The maximum Gasteiger partial charge on any atom is 0.0464 e. The molecule has 0 aromatic heterocycles. The largest absolute Gasteiger partial charge is 0.355 e. The minimum absolute atomic E-state index is 1.06. The molecule has 9 aromatic carbocycles. The second-order valence-electron chi connectivity index (χ2n) is 13.1. The highest BCUT2D eigenvalue weighted by Crippen LogP contribution is 2.39. The van der Waals surface area contributed by atoms with E-state index in [2.05, 4.69) is 200 Å². The van der Waals surface area contributed by atoms with Gasteiger partial charge in [0.2, 0.25) is 0 Å². The van der Waals surface area contributed by atoms with Crippen LogP contribution in [-0.4, -0.2) is 0 Å². The van der Waals surface area contributed by atoms with Crippen LogP contribution in [-0.2, 0) is 0 Å². The highest BCUT2D eigenvalue weighted by molar-refractivity contribution is 6.25. The number of aryl methyl sites for hydroxylation is 1. The van der Waals surface area contributed by atoms with Crippen molar-refractivity contribution in [3.63, 3.8) is 0 Å². The summed E-state index contributed by atoms with van der Waals surface area (Å²) in [5.74, 6) is 0. The van der Waals surface area contributed by atoms with Gasteiger partial charge in [0.05, 0.1) is 0 Å². The van der Waals surface area contributed by atoms with Crippen LogP contribution < -0.4 is 5.32 Å². The Hall–Kier alpha value is -6.44. The van der Waals surface area contributed by atoms with Crippen LogP contribution in [0, 0.1) is 6.92 Å². The minimum Gasteiger partial charge on any atom is -0.355 e. The molecule has 9 rings (SSSR count). The molecule has 9 aromatic rings. The van der Waals surface area contributed by atoms with Gasteiger partial charge in [-0.15, -0.1) is 0 Å². The van der Waals surface area contributed by atoms with E-state index in [1.165, 1.54) is 82.4 Å². The van der Waals surface area contributed by atoms with Gasteiger partial charge in [-0.05, 0) is 120 Å². The number of benzene rings is 9. The number of hydrogen-bond acceptors (Lipinski definition) is 1. The van der Waals surface area contributed by atoms with E-state index in [0.717, 1.165) is 11.4 Å². The lowest BCUT2D eigenvalue weighted by molar-refractivity contribution is 1.44. The summed E-state index contributed by atoms with van der Waals surface area (Å²) < 4.78 is 0. The molecule has 0 atom stereocenters. The molecule has 0 unspecified atom stereocenters. The maximum absolute atomic E-state index is 3.77. The predicted octanol–water partition coefficient (Wildman–Crippen LogP) is 13.9. The first kappa shape index (κ1) is 29.7. The minimum atomic E-state index is 1.06. The lowest BCUT2D eigenvalue weighted by atomic mass is 9.91. The smallest absolute Gasteiger partial charge is 0.0464 e. The lowest BCUT2D eigenvalue weighted by Crippen LogP contribution is -1.95. The van der Waals surface area contributed by atoms with E-state index in [-0.39, 0.29) is 0 Å². The Kier molecular flexibility index (Phi) is 7.44. The Bertz CT molecular complexity index is 2650. The van der Waals surface area contributed by atoms with Crippen molar-refractivity contribution in [2.75, 3.05) is 5.32 Å². The summed E-state index contributed by atoms with van der Waals surface area (Å²) in [5.41, 5.74) is 13.0. The highest BCUT2D eigenvalue weighted by atomic mass is 14.9. The average Bonchev–Trinajstić information content (AvgIpc) is 3.19. The topological polar surface area (TPSA) is 12.0 Å². The number of hydrogen-bond donors (Lipinski definition) is 1. The Balaban J connectivity index is 1.06. The SMILES string of the molecule is Cc1ccc(-c2ccccc2)cc1-c1ccccc1Nc1cccc(-c2cccc(-c3ccc4c5ccccc5c5ccccc5c4c3)c2)c1. The van der Waals surface area contributed by atoms with Gasteiger partial charge in [0.25, 0.3) is 0 Å². The molecule has 0 amide bonds. The summed E-state index contributed by atoms with van der Waals surface area (Å²) in [7, 11) is 0. The van der Waals surface area contributed by atoms with E-state index >= 15 is 0 Å². The summed E-state index contributed by atoms with van der Waals surface area (Å²) in [6, 6.07) is 68.1. The van der Waals surface area contributed by atoms with E-state index in [0.29, 0.717) is 0 Å². The molecule has 0 fully saturated rings. The number of fused-ring (bicyclic) bond motifs is 6. The number of para-hydroxylation sites is 1. The van der Waals surface area contributed by atoms with Gasteiger partial charge in [0, 0.05) is 16.9 Å². The van der Waals surface area contributed by atoms with Crippen LogP contribution in [0.4, 0.5) is 11.4 Å². The molecule has 1 nitrogen and oxygen atoms in total. The van der Waals surface area contributed by atoms with Crippen molar-refractivity contribution in [3.05, 3.63) is 194 Å². The van der Waals surface area contributed by atoms with Gasteiger partial charge >= 0.3 is 0 Å². The van der Waals surface area contributed by atoms with Gasteiger partial charge in [-0.1, -0.05) is 152 Å². The zero-order valence-corrected chi connectivity index (χ0v) is 27.9. The highest BCUT2D eigenvalue weighted by Gasteiger charge is 2.12. The van der Waals surface area contributed by atoms with E-state index in [9.17, 15) is 0 Å². The molecule has 0 aliphatic carbocycles. The zero-order chi connectivity index (χ0) is 33.4. The second-order valence-corrected chi connectivity index (χ2v) is 13.1. The van der Waals surface area contributed by atoms with Crippen LogP contribution in [0.1, 0.15) is 5.56 Å². The van der Waals surface area contributed by atoms with Crippen molar-refractivity contribution in [2.24, 2.45) is 0 Å². The molecule has 0 bridgehead atoms. The normalized spacial score (nSPS) is 11.3. The predicted molar refractivity (Wildman–Crippen MR) is 215 cm³/mol. The molecule has 0 spiro atoms. The molecule has 0 saturated heterocycles. The Morgan fingerprint density at radius 2 is 0.800 bits per heavy atom. The zero-order valence-electron chi connectivity index (χ0n) is 27.9. The van der Waals surface area contributed by atoms with E-state index in [1.54, 1.807) is 0 Å². The van der Waals surface area contributed by atoms with Crippen LogP contribution >= 0.6 is 0 Å². The standard InChI is InChI=1S/C49H35N/c1-33-25-26-38(34-13-3-2-4-14-34)31-47(33)46-23-9-10-24-49(46)50-40-18-12-17-37(30-40)35-15-11-16-36(29-35)39-27-28-45-43-21-6-5-19-41(43)42-20-7-8-22-44(42)48(45)32-39/h2-32,50H,1H3. The molecule has 0 aliphatic heterocycles. The van der Waals surface area contributed by atoms with Crippen molar-refractivity contribution in [2.45, 2.75) is 6.92 Å². The third-order valence-corrected chi connectivity index (χ3v) is 9.98. The Morgan fingerprint density at radius 3 is 1.52 bits per heavy atom. The van der Waals surface area contributed by atoms with Crippen molar-refractivity contribution in [1.82, 2.24) is 0 Å². The quantitative estimate of drug-likeness (QED) is 0.179. The summed E-state index contributed by atoms with van der Waals surface area (Å²) in [5, 5.41) is 11.5. The van der Waals surface area contributed by atoms with Gasteiger partial charge in [0.15, 0.2) is 0 Å². The third-order valence-electron chi connectivity index (χ3n) is 9.98. The summed E-state index contributed by atoms with van der Waals surface area (Å²) in [6.07, 6.45) is 0. The molecule has 50 heavy (non-hydrogen) atoms. The molecular weight excluding hydrogens is 603 g/mol. The molecule has 0 saturated carbocycles. The van der Waals surface area contributed by atoms with Crippen molar-refractivity contribution < 1.29 is 0 Å². The fourth-order valence-corrected chi connectivity index (χ4v) is 7.45. The maximum atomic E-state index is 3.77. The number of anilines is 2. The van der Waals surface area contributed by atoms with Gasteiger partial charge in [-0.2, -0.15) is 0 Å². The first-order valence-corrected chi connectivity index (χ1v) is 17.3. The Labute approximate surface area is 293 Å². The Morgan fingerprint density at radius 1 is 0.300 bits per heavy atom. The fourth-order valence-electron chi connectivity index (χ4n) is 7.45. The fraction of sp³-hybridized carbons (Fsp3) is 0.0204. The van der Waals surface area contributed by atoms with Crippen LogP contribution in [0.5, 0.6) is 0 Å². The number of rotatable bonds is 6. The molecular formula is C49H35N. The van der Waals surface area contributed by atoms with Crippen molar-refractivity contribution in [3.8, 4) is 44.5 Å². The van der Waals surface area contributed by atoms with Crippen LogP contribution in [0.25, 0.3) is 76.8 Å². The molecule has 236 valence electrons. The van der Waals surface area contributed by atoms with Gasteiger partial charge in [0.1, 0.15) is 0 Å². The van der Waals surface area contributed by atoms with Crippen LogP contribution in [0.15, 0.2) is 188 Å². The van der Waals surface area contributed by atoms with Gasteiger partial charge in [-0.3, -0.25) is 0 Å². The first-order valence-electron chi connectivity index (χ1n) is 17.3. The van der Waals surface area contributed by atoms with Crippen molar-refractivity contribution in [1.29, 1.82) is 0 Å². The van der Waals surface area contributed by atoms with Gasteiger partial charge < -0.3 is 5.32 Å². The molecule has 1 heteroatoms.